The van der Waals surface area contributed by atoms with Crippen molar-refractivity contribution in [1.82, 2.24) is 10.2 Å². The van der Waals surface area contributed by atoms with Crippen LogP contribution in [-0.4, -0.2) is 68.4 Å². The Balaban J connectivity index is 2.92. The average molecular weight is 389 g/mol. The fourth-order valence-electron chi connectivity index (χ4n) is 2.88. The molecule has 1 amide bonds. The van der Waals surface area contributed by atoms with Crippen LogP contribution in [0.2, 0.25) is 18.1 Å². The molecule has 0 saturated carbocycles. The van der Waals surface area contributed by atoms with Gasteiger partial charge in [-0.2, -0.15) is 0 Å². The number of rotatable bonds is 6. The van der Waals surface area contributed by atoms with Gasteiger partial charge in [0.25, 0.3) is 0 Å². The molecule has 0 aromatic heterocycles. The normalized spacial score (nSPS) is 23.2. The van der Waals surface area contributed by atoms with Crippen LogP contribution in [0, 0.1) is 0 Å². The molecule has 1 fully saturated rings. The highest BCUT2D eigenvalue weighted by molar-refractivity contribution is 6.74. The highest BCUT2D eigenvalue weighted by Gasteiger charge is 2.46. The second kappa shape index (κ2) is 8.58. The van der Waals surface area contributed by atoms with Crippen molar-refractivity contribution < 1.29 is 19.1 Å². The largest absolute Gasteiger partial charge is 0.444 e. The van der Waals surface area contributed by atoms with E-state index in [2.05, 4.69) is 39.2 Å². The molecule has 1 rings (SSSR count). The minimum atomic E-state index is -1.94. The first-order chi connectivity index (χ1) is 11.7. The molecule has 0 aromatic rings. The number of aliphatic hydroxyl groups is 1. The van der Waals surface area contributed by atoms with Crippen molar-refractivity contribution in [3.05, 3.63) is 0 Å². The van der Waals surface area contributed by atoms with Crippen LogP contribution < -0.4 is 5.32 Å². The van der Waals surface area contributed by atoms with Crippen molar-refractivity contribution in [2.75, 3.05) is 20.1 Å². The van der Waals surface area contributed by atoms with Gasteiger partial charge in [-0.1, -0.05) is 20.8 Å². The number of likely N-dealkylation sites (tertiary alicyclic amines) is 1. The van der Waals surface area contributed by atoms with Crippen LogP contribution in [0.1, 0.15) is 54.4 Å². The predicted molar refractivity (Wildman–Crippen MR) is 108 cm³/mol. The molecule has 3 atom stereocenters. The highest BCUT2D eigenvalue weighted by atomic mass is 28.4. The summed E-state index contributed by atoms with van der Waals surface area (Å²) in [5, 5.41) is 13.8. The maximum Gasteiger partial charge on any atom is 0.410 e. The topological polar surface area (TPSA) is 71.0 Å². The monoisotopic (exact) mass is 388 g/mol. The summed E-state index contributed by atoms with van der Waals surface area (Å²) in [6.07, 6.45) is 0.220. The lowest BCUT2D eigenvalue weighted by Gasteiger charge is -2.38. The van der Waals surface area contributed by atoms with Gasteiger partial charge in [0.1, 0.15) is 5.60 Å². The first kappa shape index (κ1) is 23.4. The number of nitrogens with one attached hydrogen (secondary N) is 1. The number of carbonyl (C=O) groups is 1. The van der Waals surface area contributed by atoms with E-state index in [9.17, 15) is 9.90 Å². The van der Waals surface area contributed by atoms with Gasteiger partial charge in [0.05, 0.1) is 18.2 Å². The molecule has 0 spiro atoms. The molecule has 0 aromatic carbocycles. The Labute approximate surface area is 160 Å². The number of amides is 1. The molecule has 1 heterocycles. The summed E-state index contributed by atoms with van der Waals surface area (Å²) in [7, 11) is -0.0861. The van der Waals surface area contributed by atoms with E-state index in [0.717, 1.165) is 0 Å². The maximum absolute atomic E-state index is 12.7. The molecule has 1 aliphatic heterocycles. The number of hydrogen-bond donors (Lipinski definition) is 2. The standard InChI is InChI=1S/C19H40N2O4Si/c1-18(2,3)24-17(23)21-13-14(25-26(8,9)19(4,5)6)12-15(21)16(22)10-11-20-7/h14-16,20,22H,10-13H2,1-9H3/t14-,15+,16+/m1/s1. The lowest BCUT2D eigenvalue weighted by atomic mass is 10.0. The summed E-state index contributed by atoms with van der Waals surface area (Å²) in [6, 6.07) is -0.270. The smallest absolute Gasteiger partial charge is 0.410 e. The van der Waals surface area contributed by atoms with Crippen LogP contribution in [0.15, 0.2) is 0 Å². The second-order valence-electron chi connectivity index (χ2n) is 9.90. The predicted octanol–water partition coefficient (Wildman–Crippen LogP) is 3.36. The van der Waals surface area contributed by atoms with E-state index >= 15 is 0 Å². The average Bonchev–Trinajstić information content (AvgIpc) is 2.85. The number of aliphatic hydroxyl groups excluding tert-OH is 1. The van der Waals surface area contributed by atoms with Gasteiger partial charge in [0.15, 0.2) is 8.32 Å². The number of ether oxygens (including phenoxy) is 1. The van der Waals surface area contributed by atoms with Gasteiger partial charge in [-0.15, -0.1) is 0 Å². The fourth-order valence-corrected chi connectivity index (χ4v) is 4.24. The highest BCUT2D eigenvalue weighted by Crippen LogP contribution is 2.39. The van der Waals surface area contributed by atoms with Gasteiger partial charge in [0.2, 0.25) is 0 Å². The summed E-state index contributed by atoms with van der Waals surface area (Å²) in [5.74, 6) is 0. The van der Waals surface area contributed by atoms with Crippen LogP contribution >= 0.6 is 0 Å². The van der Waals surface area contributed by atoms with Gasteiger partial charge in [-0.05, 0) is 65.3 Å². The third kappa shape index (κ3) is 6.51. The van der Waals surface area contributed by atoms with Gasteiger partial charge in [0, 0.05) is 6.54 Å². The molecule has 154 valence electrons. The number of nitrogens with zero attached hydrogens (tertiary/aromatic N) is 1. The van der Waals surface area contributed by atoms with E-state index in [1.54, 1.807) is 4.90 Å². The van der Waals surface area contributed by atoms with E-state index in [0.29, 0.717) is 25.9 Å². The molecule has 1 saturated heterocycles. The second-order valence-corrected chi connectivity index (χ2v) is 14.7. The number of carbonyl (C=O) groups excluding carboxylic acids is 1. The molecule has 0 radical (unpaired) electrons. The van der Waals surface area contributed by atoms with Crippen molar-refractivity contribution in [1.29, 1.82) is 0 Å². The summed E-state index contributed by atoms with van der Waals surface area (Å²) in [6.45, 7) is 17.8. The van der Waals surface area contributed by atoms with Crippen LogP contribution in [0.25, 0.3) is 0 Å². The minimum absolute atomic E-state index is 0.0577. The zero-order chi connectivity index (χ0) is 20.3. The first-order valence-electron chi connectivity index (χ1n) is 9.68. The van der Waals surface area contributed by atoms with Crippen molar-refractivity contribution in [2.45, 2.75) is 96.4 Å². The maximum atomic E-state index is 12.7. The molecule has 7 heteroatoms. The van der Waals surface area contributed by atoms with Gasteiger partial charge >= 0.3 is 6.09 Å². The summed E-state index contributed by atoms with van der Waals surface area (Å²) < 4.78 is 12.1. The Hall–Kier alpha value is -0.633. The Morgan fingerprint density at radius 3 is 2.31 bits per heavy atom. The SMILES string of the molecule is CNCC[C@H](O)[C@@H]1C[C@@H](O[Si](C)(C)C(C)(C)C)CN1C(=O)OC(C)(C)C. The van der Waals surface area contributed by atoms with Crippen molar-refractivity contribution in [2.24, 2.45) is 0 Å². The molecule has 6 nitrogen and oxygen atoms in total. The van der Waals surface area contributed by atoms with E-state index in [1.807, 2.05) is 27.8 Å². The van der Waals surface area contributed by atoms with Crippen LogP contribution in [0.5, 0.6) is 0 Å². The summed E-state index contributed by atoms with van der Waals surface area (Å²) in [4.78, 5) is 14.4. The Morgan fingerprint density at radius 1 is 1.27 bits per heavy atom. The van der Waals surface area contributed by atoms with E-state index in [4.69, 9.17) is 9.16 Å². The summed E-state index contributed by atoms with van der Waals surface area (Å²) in [5.41, 5.74) is -0.560. The Morgan fingerprint density at radius 2 is 1.85 bits per heavy atom. The lowest BCUT2D eigenvalue weighted by Crippen LogP contribution is -2.46. The third-order valence-corrected chi connectivity index (χ3v) is 9.87. The molecule has 0 bridgehead atoms. The van der Waals surface area contributed by atoms with Crippen LogP contribution in [0.4, 0.5) is 4.79 Å². The quantitative estimate of drug-likeness (QED) is 0.683. The van der Waals surface area contributed by atoms with Gasteiger partial charge in [-0.3, -0.25) is 4.90 Å². The Bertz CT molecular complexity index is 471. The van der Waals surface area contributed by atoms with Crippen LogP contribution in [-0.2, 0) is 9.16 Å². The molecule has 1 aliphatic rings. The molecular formula is C19H40N2O4Si. The Kier molecular flexibility index (Phi) is 7.73. The van der Waals surface area contributed by atoms with Gasteiger partial charge < -0.3 is 19.6 Å². The molecule has 0 unspecified atom stereocenters. The first-order valence-corrected chi connectivity index (χ1v) is 12.6. The zero-order valence-corrected chi connectivity index (χ0v) is 19.2. The van der Waals surface area contributed by atoms with Crippen molar-refractivity contribution in [3.8, 4) is 0 Å². The van der Waals surface area contributed by atoms with Crippen LogP contribution in [0.3, 0.4) is 0 Å². The zero-order valence-electron chi connectivity index (χ0n) is 18.2. The fraction of sp³-hybridized carbons (Fsp3) is 0.947. The van der Waals surface area contributed by atoms with E-state index < -0.39 is 20.0 Å². The van der Waals surface area contributed by atoms with Gasteiger partial charge in [-0.25, -0.2) is 4.79 Å². The minimum Gasteiger partial charge on any atom is -0.444 e. The molecule has 2 N–H and O–H groups in total. The molecular weight excluding hydrogens is 348 g/mol. The lowest BCUT2D eigenvalue weighted by molar-refractivity contribution is 0.00368. The molecule has 26 heavy (non-hydrogen) atoms. The number of hydrogen-bond acceptors (Lipinski definition) is 5. The van der Waals surface area contributed by atoms with Crippen molar-refractivity contribution >= 4 is 14.4 Å². The summed E-state index contributed by atoms with van der Waals surface area (Å²) >= 11 is 0. The van der Waals surface area contributed by atoms with Crippen molar-refractivity contribution in [3.63, 3.8) is 0 Å². The molecule has 0 aliphatic carbocycles. The third-order valence-electron chi connectivity index (χ3n) is 5.33. The van der Waals surface area contributed by atoms with E-state index in [-0.39, 0.29) is 23.3 Å². The van der Waals surface area contributed by atoms with E-state index in [1.165, 1.54) is 0 Å².